The van der Waals surface area contributed by atoms with E-state index in [9.17, 15) is 20.1 Å². The highest BCUT2D eigenvalue weighted by Crippen LogP contribution is 2.61. The van der Waals surface area contributed by atoms with E-state index in [0.717, 1.165) is 42.5 Å². The van der Waals surface area contributed by atoms with Crippen molar-refractivity contribution in [2.75, 3.05) is 40.6 Å². The Bertz CT molecular complexity index is 1170. The number of fused-ring (bicyclic) bond motifs is 2. The van der Waals surface area contributed by atoms with Crippen LogP contribution in [0.15, 0.2) is 47.7 Å². The Labute approximate surface area is 254 Å². The number of rotatable bonds is 15. The lowest BCUT2D eigenvalue weighted by atomic mass is 9.55. The Morgan fingerprint density at radius 2 is 1.93 bits per heavy atom. The number of amides is 1. The molecule has 10 heteroatoms. The summed E-state index contributed by atoms with van der Waals surface area (Å²) in [4.78, 5) is 20.4. The van der Waals surface area contributed by atoms with Gasteiger partial charge in [0.15, 0.2) is 0 Å². The van der Waals surface area contributed by atoms with Crippen LogP contribution in [0.25, 0.3) is 0 Å². The van der Waals surface area contributed by atoms with E-state index < -0.39 is 23.8 Å². The third-order valence-electron chi connectivity index (χ3n) is 9.11. The van der Waals surface area contributed by atoms with Gasteiger partial charge in [0.25, 0.3) is 0 Å². The smallest absolute Gasteiger partial charge is 0.409 e. The number of benzene rings is 1. The van der Waals surface area contributed by atoms with Crippen molar-refractivity contribution in [2.24, 2.45) is 22.9 Å². The van der Waals surface area contributed by atoms with Crippen LogP contribution >= 0.6 is 0 Å². The predicted molar refractivity (Wildman–Crippen MR) is 163 cm³/mol. The molecule has 1 heterocycles. The van der Waals surface area contributed by atoms with Crippen LogP contribution in [-0.2, 0) is 14.3 Å². The summed E-state index contributed by atoms with van der Waals surface area (Å²) in [6, 6.07) is 4.57. The highest BCUT2D eigenvalue weighted by molar-refractivity contribution is 6.02. The average Bonchev–Trinajstić information content (AvgIpc) is 3.01. The summed E-state index contributed by atoms with van der Waals surface area (Å²) < 4.78 is 19.0. The average molecular weight is 601 g/mol. The first-order valence-electron chi connectivity index (χ1n) is 15.6. The van der Waals surface area contributed by atoms with Gasteiger partial charge in [-0.3, -0.25) is 4.90 Å². The summed E-state index contributed by atoms with van der Waals surface area (Å²) >= 11 is 0. The maximum absolute atomic E-state index is 13.3. The lowest BCUT2D eigenvalue weighted by Gasteiger charge is -2.59. The number of allylic oxidation sites excluding steroid dienone is 1. The van der Waals surface area contributed by atoms with E-state index >= 15 is 0 Å². The number of hydrogen-bond donors (Lipinski definition) is 3. The number of unbranched alkanes of at least 4 members (excludes halogenated alkanes) is 2. The zero-order chi connectivity index (χ0) is 31.0. The molecule has 1 aliphatic heterocycles. The molecule has 3 N–H and O–H groups in total. The van der Waals surface area contributed by atoms with Crippen molar-refractivity contribution in [2.45, 2.75) is 76.0 Å². The van der Waals surface area contributed by atoms with E-state index in [1.54, 1.807) is 29.2 Å². The predicted octanol–water partition coefficient (Wildman–Crippen LogP) is 5.13. The SMILES string of the molecule is C=CCOC12Oc3ccc(O)cc3C3C(CCCCO)C(CCCCO)C=C(C(=NOC)CC1N(CCC)C(=O)OC)C32. The van der Waals surface area contributed by atoms with E-state index in [1.807, 2.05) is 6.92 Å². The van der Waals surface area contributed by atoms with Crippen LogP contribution < -0.4 is 4.74 Å². The summed E-state index contributed by atoms with van der Waals surface area (Å²) in [5.41, 5.74) is 2.56. The van der Waals surface area contributed by atoms with E-state index in [0.29, 0.717) is 38.0 Å². The maximum Gasteiger partial charge on any atom is 0.409 e. The molecular weight excluding hydrogens is 552 g/mol. The third-order valence-corrected chi connectivity index (χ3v) is 9.11. The molecule has 4 rings (SSSR count). The Balaban J connectivity index is 2.01. The number of carbonyl (C=O) groups is 1. The summed E-state index contributed by atoms with van der Waals surface area (Å²) in [6.45, 7) is 6.76. The second kappa shape index (κ2) is 15.1. The van der Waals surface area contributed by atoms with Gasteiger partial charge in [-0.1, -0.05) is 37.1 Å². The van der Waals surface area contributed by atoms with Crippen molar-refractivity contribution >= 4 is 11.8 Å². The number of ether oxygens (including phenoxy) is 3. The second-order valence-corrected chi connectivity index (χ2v) is 11.6. The van der Waals surface area contributed by atoms with E-state index in [4.69, 9.17) is 19.0 Å². The van der Waals surface area contributed by atoms with Crippen molar-refractivity contribution in [3.8, 4) is 11.5 Å². The van der Waals surface area contributed by atoms with Gasteiger partial charge in [0.2, 0.25) is 5.79 Å². The minimum Gasteiger partial charge on any atom is -0.508 e. The number of phenolic OH excluding ortho intramolecular Hbond substituents is 1. The number of aliphatic hydroxyl groups excluding tert-OH is 2. The standard InChI is InChI=1S/C33H48N2O8/c1-5-15-35(32(39)40-3)29-21-27(34-41-4)25-19-22(11-7-9-16-36)24(12-8-10-17-37)30-26-20-23(38)13-14-28(26)43-33(29,31(25)30)42-18-6-2/h6,13-14,19-20,22,24,29-31,36-38H,2,5,7-12,15-18,21H2,1,3-4H3. The van der Waals surface area contributed by atoms with Gasteiger partial charge in [0.05, 0.1) is 25.3 Å². The summed E-state index contributed by atoms with van der Waals surface area (Å²) in [5.74, 6) is -0.881. The molecule has 43 heavy (non-hydrogen) atoms. The first-order chi connectivity index (χ1) is 20.9. The fraction of sp³-hybridized carbons (Fsp3) is 0.636. The number of carbonyl (C=O) groups excluding carboxylic acids is 1. The van der Waals surface area contributed by atoms with Crippen LogP contribution in [0, 0.1) is 17.8 Å². The Morgan fingerprint density at radius 1 is 1.19 bits per heavy atom. The zero-order valence-corrected chi connectivity index (χ0v) is 25.7. The number of phenols is 1. The topological polar surface area (TPSA) is 130 Å². The maximum atomic E-state index is 13.3. The summed E-state index contributed by atoms with van der Waals surface area (Å²) in [7, 11) is 2.89. The highest BCUT2D eigenvalue weighted by atomic mass is 16.7. The molecular formula is C33H48N2O8. The second-order valence-electron chi connectivity index (χ2n) is 11.6. The van der Waals surface area contributed by atoms with E-state index in [-0.39, 0.29) is 43.3 Å². The Kier molecular flexibility index (Phi) is 11.5. The van der Waals surface area contributed by atoms with Crippen molar-refractivity contribution in [3.63, 3.8) is 0 Å². The first kappa shape index (κ1) is 32.8. The number of aromatic hydroxyl groups is 1. The zero-order valence-electron chi connectivity index (χ0n) is 25.7. The third kappa shape index (κ3) is 6.56. The molecule has 0 radical (unpaired) electrons. The van der Waals surface area contributed by atoms with Crippen LogP contribution in [0.5, 0.6) is 11.5 Å². The van der Waals surface area contributed by atoms with Gasteiger partial charge < -0.3 is 34.4 Å². The van der Waals surface area contributed by atoms with Gasteiger partial charge >= 0.3 is 6.09 Å². The molecule has 1 aromatic rings. The Morgan fingerprint density at radius 3 is 2.58 bits per heavy atom. The van der Waals surface area contributed by atoms with Crippen LogP contribution in [0.4, 0.5) is 4.79 Å². The molecule has 6 atom stereocenters. The molecule has 1 saturated carbocycles. The molecule has 0 spiro atoms. The molecule has 10 nitrogen and oxygen atoms in total. The van der Waals surface area contributed by atoms with Gasteiger partial charge in [-0.25, -0.2) is 4.79 Å². The fourth-order valence-corrected chi connectivity index (χ4v) is 7.50. The molecule has 1 fully saturated rings. The number of aliphatic hydroxyl groups is 2. The monoisotopic (exact) mass is 600 g/mol. The lowest BCUT2D eigenvalue weighted by molar-refractivity contribution is -0.255. The molecule has 0 aromatic heterocycles. The van der Waals surface area contributed by atoms with Crippen molar-refractivity contribution < 1.29 is 39.2 Å². The molecule has 1 amide bonds. The minimum absolute atomic E-state index is 0.107. The van der Waals surface area contributed by atoms with E-state index in [1.165, 1.54) is 14.2 Å². The van der Waals surface area contributed by atoms with Gasteiger partial charge in [0.1, 0.15) is 24.7 Å². The van der Waals surface area contributed by atoms with Gasteiger partial charge in [-0.05, 0) is 67.7 Å². The first-order valence-corrected chi connectivity index (χ1v) is 15.6. The van der Waals surface area contributed by atoms with Gasteiger partial charge in [-0.2, -0.15) is 0 Å². The molecule has 1 aromatic carbocycles. The number of methoxy groups -OCH3 is 1. The van der Waals surface area contributed by atoms with Crippen molar-refractivity contribution in [1.82, 2.24) is 4.90 Å². The van der Waals surface area contributed by atoms with Crippen LogP contribution in [0.2, 0.25) is 0 Å². The summed E-state index contributed by atoms with van der Waals surface area (Å²) in [5, 5.41) is 34.4. The van der Waals surface area contributed by atoms with Gasteiger partial charge in [0, 0.05) is 37.7 Å². The van der Waals surface area contributed by atoms with Crippen LogP contribution in [0.3, 0.4) is 0 Å². The van der Waals surface area contributed by atoms with Crippen LogP contribution in [0.1, 0.15) is 69.8 Å². The quantitative estimate of drug-likeness (QED) is 0.143. The normalized spacial score (nSPS) is 28.3. The lowest BCUT2D eigenvalue weighted by Crippen LogP contribution is -2.70. The molecule has 238 valence electrons. The number of nitrogens with zero attached hydrogens (tertiary/aromatic N) is 2. The van der Waals surface area contributed by atoms with Crippen LogP contribution in [-0.4, -0.2) is 84.4 Å². The highest BCUT2D eigenvalue weighted by Gasteiger charge is 2.65. The molecule has 2 aliphatic carbocycles. The van der Waals surface area contributed by atoms with Crippen molar-refractivity contribution in [3.05, 3.63) is 48.1 Å². The number of oxime groups is 1. The molecule has 0 saturated heterocycles. The number of hydrogen-bond acceptors (Lipinski definition) is 9. The summed E-state index contributed by atoms with van der Waals surface area (Å²) in [6.07, 6.45) is 9.25. The Hall–Kier alpha value is -3.08. The molecule has 6 unspecified atom stereocenters. The molecule has 0 bridgehead atoms. The fourth-order valence-electron chi connectivity index (χ4n) is 7.50. The van der Waals surface area contributed by atoms with Crippen molar-refractivity contribution in [1.29, 1.82) is 0 Å². The van der Waals surface area contributed by atoms with Gasteiger partial charge in [-0.15, -0.1) is 6.58 Å². The largest absolute Gasteiger partial charge is 0.508 e. The molecule has 3 aliphatic rings. The minimum atomic E-state index is -1.31. The van der Waals surface area contributed by atoms with E-state index in [2.05, 4.69) is 17.8 Å².